The summed E-state index contributed by atoms with van der Waals surface area (Å²) in [4.78, 5) is 16.0. The Morgan fingerprint density at radius 3 is 2.63 bits per heavy atom. The maximum Gasteiger partial charge on any atom is 0.255 e. The van der Waals surface area contributed by atoms with Crippen molar-refractivity contribution in [1.29, 1.82) is 0 Å². The highest BCUT2D eigenvalue weighted by atomic mass is 35.5. The molecule has 0 saturated heterocycles. The Morgan fingerprint density at radius 2 is 2.00 bits per heavy atom. The molecule has 0 aliphatic carbocycles. The van der Waals surface area contributed by atoms with Crippen LogP contribution in [0.1, 0.15) is 28.9 Å². The Kier molecular flexibility index (Phi) is 4.02. The van der Waals surface area contributed by atoms with E-state index in [2.05, 4.69) is 10.3 Å². The predicted octanol–water partition coefficient (Wildman–Crippen LogP) is 2.93. The molecular formula is C14H13ClN2O2. The summed E-state index contributed by atoms with van der Waals surface area (Å²) in [6.45, 7) is 1.86. The van der Waals surface area contributed by atoms with Gasteiger partial charge in [-0.25, -0.2) is 0 Å². The summed E-state index contributed by atoms with van der Waals surface area (Å²) in [5.41, 5.74) is 1.14. The number of rotatable bonds is 3. The summed E-state index contributed by atoms with van der Waals surface area (Å²) in [5.74, 6) is -0.481. The number of aromatic hydroxyl groups is 1. The minimum absolute atomic E-state index is 0.132. The molecule has 0 bridgehead atoms. The molecule has 0 radical (unpaired) electrons. The normalized spacial score (nSPS) is 11.9. The smallest absolute Gasteiger partial charge is 0.255 e. The molecule has 1 aromatic carbocycles. The molecule has 1 aromatic heterocycles. The number of carbonyl (C=O) groups is 1. The van der Waals surface area contributed by atoms with Crippen LogP contribution in [-0.2, 0) is 0 Å². The number of nitrogens with one attached hydrogen (secondary N) is 1. The van der Waals surface area contributed by atoms with E-state index in [1.54, 1.807) is 18.5 Å². The van der Waals surface area contributed by atoms with Gasteiger partial charge in [0.2, 0.25) is 0 Å². The number of hydrogen-bond donors (Lipinski definition) is 2. The van der Waals surface area contributed by atoms with Gasteiger partial charge in [0.05, 0.1) is 11.6 Å². The molecule has 0 aliphatic heterocycles. The van der Waals surface area contributed by atoms with Crippen LogP contribution in [0.3, 0.4) is 0 Å². The van der Waals surface area contributed by atoms with Crippen molar-refractivity contribution >= 4 is 17.5 Å². The highest BCUT2D eigenvalue weighted by molar-refractivity contribution is 6.30. The van der Waals surface area contributed by atoms with E-state index < -0.39 is 0 Å². The number of aromatic nitrogens is 1. The van der Waals surface area contributed by atoms with Crippen LogP contribution in [-0.4, -0.2) is 16.0 Å². The molecule has 2 aromatic rings. The Morgan fingerprint density at radius 1 is 1.32 bits per heavy atom. The molecule has 1 atom stereocenters. The summed E-state index contributed by atoms with van der Waals surface area (Å²) in [6, 6.07) is 7.87. The molecule has 1 heterocycles. The van der Waals surface area contributed by atoms with Crippen LogP contribution in [0.25, 0.3) is 0 Å². The van der Waals surface area contributed by atoms with Crippen LogP contribution >= 0.6 is 11.6 Å². The van der Waals surface area contributed by atoms with Gasteiger partial charge in [-0.05, 0) is 42.8 Å². The second kappa shape index (κ2) is 5.71. The largest absolute Gasteiger partial charge is 0.507 e. The van der Waals surface area contributed by atoms with E-state index in [0.29, 0.717) is 5.02 Å². The van der Waals surface area contributed by atoms with Crippen molar-refractivity contribution in [2.24, 2.45) is 0 Å². The van der Waals surface area contributed by atoms with E-state index in [1.165, 1.54) is 12.1 Å². The number of carbonyl (C=O) groups excluding carboxylic acids is 1. The van der Waals surface area contributed by atoms with E-state index in [-0.39, 0.29) is 23.3 Å². The quantitative estimate of drug-likeness (QED) is 0.906. The SMILES string of the molecule is CC(NC(=O)c1ccc(Cl)cc1O)c1ccncc1. The molecule has 0 aliphatic rings. The molecule has 2 rings (SSSR count). The fourth-order valence-corrected chi connectivity index (χ4v) is 1.87. The molecule has 19 heavy (non-hydrogen) atoms. The zero-order chi connectivity index (χ0) is 13.8. The number of benzene rings is 1. The molecule has 0 fully saturated rings. The lowest BCUT2D eigenvalue weighted by molar-refractivity contribution is 0.0937. The van der Waals surface area contributed by atoms with Gasteiger partial charge >= 0.3 is 0 Å². The fraction of sp³-hybridized carbons (Fsp3) is 0.143. The summed E-state index contributed by atoms with van der Waals surface area (Å²) < 4.78 is 0. The standard InChI is InChI=1S/C14H13ClN2O2/c1-9(10-4-6-16-7-5-10)17-14(19)12-3-2-11(15)8-13(12)18/h2-9,18H,1H3,(H,17,19). The van der Waals surface area contributed by atoms with Gasteiger partial charge in [-0.1, -0.05) is 11.6 Å². The van der Waals surface area contributed by atoms with Gasteiger partial charge in [-0.15, -0.1) is 0 Å². The van der Waals surface area contributed by atoms with E-state index >= 15 is 0 Å². The number of pyridine rings is 1. The van der Waals surface area contributed by atoms with Gasteiger partial charge in [0.25, 0.3) is 5.91 Å². The number of amides is 1. The van der Waals surface area contributed by atoms with Crippen molar-refractivity contribution in [3.8, 4) is 5.75 Å². The van der Waals surface area contributed by atoms with Gasteiger partial charge in [0, 0.05) is 17.4 Å². The Balaban J connectivity index is 2.13. The molecule has 1 amide bonds. The van der Waals surface area contributed by atoms with Crippen molar-refractivity contribution in [1.82, 2.24) is 10.3 Å². The topological polar surface area (TPSA) is 62.2 Å². The Bertz CT molecular complexity index is 587. The Labute approximate surface area is 116 Å². The third-order valence-corrected chi connectivity index (χ3v) is 2.99. The first-order chi connectivity index (χ1) is 9.08. The first-order valence-corrected chi connectivity index (χ1v) is 6.15. The van der Waals surface area contributed by atoms with Gasteiger partial charge in [0.15, 0.2) is 0 Å². The highest BCUT2D eigenvalue weighted by Crippen LogP contribution is 2.22. The lowest BCUT2D eigenvalue weighted by Gasteiger charge is -2.14. The zero-order valence-electron chi connectivity index (χ0n) is 10.3. The Hall–Kier alpha value is -2.07. The maximum absolute atomic E-state index is 12.0. The molecular weight excluding hydrogens is 264 g/mol. The average Bonchev–Trinajstić information content (AvgIpc) is 2.39. The number of halogens is 1. The fourth-order valence-electron chi connectivity index (χ4n) is 1.71. The van der Waals surface area contributed by atoms with E-state index in [1.807, 2.05) is 19.1 Å². The summed E-state index contributed by atoms with van der Waals surface area (Å²) in [5, 5.41) is 12.9. The van der Waals surface area contributed by atoms with Crippen LogP contribution in [0.4, 0.5) is 0 Å². The van der Waals surface area contributed by atoms with Crippen molar-refractivity contribution in [2.45, 2.75) is 13.0 Å². The lowest BCUT2D eigenvalue weighted by Crippen LogP contribution is -2.26. The van der Waals surface area contributed by atoms with Crippen molar-refractivity contribution < 1.29 is 9.90 Å². The summed E-state index contributed by atoms with van der Waals surface area (Å²) >= 11 is 5.72. The minimum atomic E-state index is -0.349. The van der Waals surface area contributed by atoms with Crippen LogP contribution in [0.5, 0.6) is 5.75 Å². The first-order valence-electron chi connectivity index (χ1n) is 5.77. The predicted molar refractivity (Wildman–Crippen MR) is 73.2 cm³/mol. The number of phenolic OH excluding ortho intramolecular Hbond substituents is 1. The number of phenols is 1. The highest BCUT2D eigenvalue weighted by Gasteiger charge is 2.14. The molecule has 5 heteroatoms. The molecule has 98 valence electrons. The molecule has 0 spiro atoms. The third kappa shape index (κ3) is 3.23. The maximum atomic E-state index is 12.0. The van der Waals surface area contributed by atoms with Gasteiger partial charge in [-0.3, -0.25) is 9.78 Å². The van der Waals surface area contributed by atoms with E-state index in [0.717, 1.165) is 5.56 Å². The molecule has 1 unspecified atom stereocenters. The molecule has 2 N–H and O–H groups in total. The van der Waals surface area contributed by atoms with Crippen LogP contribution < -0.4 is 5.32 Å². The van der Waals surface area contributed by atoms with Crippen LogP contribution in [0, 0.1) is 0 Å². The van der Waals surface area contributed by atoms with Gasteiger partial charge in [-0.2, -0.15) is 0 Å². The van der Waals surface area contributed by atoms with Crippen molar-refractivity contribution in [3.05, 3.63) is 58.9 Å². The van der Waals surface area contributed by atoms with E-state index in [4.69, 9.17) is 11.6 Å². The van der Waals surface area contributed by atoms with Crippen molar-refractivity contribution in [3.63, 3.8) is 0 Å². The lowest BCUT2D eigenvalue weighted by atomic mass is 10.1. The monoisotopic (exact) mass is 276 g/mol. The summed E-state index contributed by atoms with van der Waals surface area (Å²) in [7, 11) is 0. The molecule has 0 saturated carbocycles. The molecule has 4 nitrogen and oxygen atoms in total. The second-order valence-electron chi connectivity index (χ2n) is 4.14. The number of nitrogens with zero attached hydrogens (tertiary/aromatic N) is 1. The minimum Gasteiger partial charge on any atom is -0.507 e. The van der Waals surface area contributed by atoms with Gasteiger partial charge in [0.1, 0.15) is 5.75 Å². The van der Waals surface area contributed by atoms with E-state index in [9.17, 15) is 9.90 Å². The average molecular weight is 277 g/mol. The number of hydrogen-bond acceptors (Lipinski definition) is 3. The zero-order valence-corrected chi connectivity index (χ0v) is 11.1. The summed E-state index contributed by atoms with van der Waals surface area (Å²) in [6.07, 6.45) is 3.33. The van der Waals surface area contributed by atoms with Gasteiger partial charge < -0.3 is 10.4 Å². The first kappa shape index (κ1) is 13.4. The van der Waals surface area contributed by atoms with Crippen LogP contribution in [0.2, 0.25) is 5.02 Å². The second-order valence-corrected chi connectivity index (χ2v) is 4.57. The van der Waals surface area contributed by atoms with Crippen molar-refractivity contribution in [2.75, 3.05) is 0 Å². The van der Waals surface area contributed by atoms with Crippen LogP contribution in [0.15, 0.2) is 42.7 Å². The third-order valence-electron chi connectivity index (χ3n) is 2.76.